The number of fused-ring (bicyclic) bond motifs is 1. The minimum atomic E-state index is 0.701. The Balaban J connectivity index is 1.56. The molecular formula is C16H23N5. The third-order valence-electron chi connectivity index (χ3n) is 4.88. The van der Waals surface area contributed by atoms with Crippen molar-refractivity contribution in [3.05, 3.63) is 23.9 Å². The van der Waals surface area contributed by atoms with Crippen molar-refractivity contribution >= 4 is 11.6 Å². The van der Waals surface area contributed by atoms with E-state index in [0.717, 1.165) is 30.6 Å². The van der Waals surface area contributed by atoms with Gasteiger partial charge in [-0.05, 0) is 56.7 Å². The van der Waals surface area contributed by atoms with Gasteiger partial charge in [0.1, 0.15) is 0 Å². The van der Waals surface area contributed by atoms with Crippen LogP contribution >= 0.6 is 0 Å². The number of aromatic nitrogens is 3. The lowest BCUT2D eigenvalue weighted by molar-refractivity contribution is 0.327. The van der Waals surface area contributed by atoms with Crippen molar-refractivity contribution in [3.63, 3.8) is 0 Å². The summed E-state index contributed by atoms with van der Waals surface area (Å²) in [7, 11) is 0. The molecule has 0 amide bonds. The third-order valence-corrected chi connectivity index (χ3v) is 4.88. The van der Waals surface area contributed by atoms with Crippen LogP contribution in [0.3, 0.4) is 0 Å². The molecule has 2 aromatic rings. The molecule has 0 spiro atoms. The van der Waals surface area contributed by atoms with Gasteiger partial charge < -0.3 is 10.2 Å². The molecular weight excluding hydrogens is 262 g/mol. The number of nitrogens with zero attached hydrogens (tertiary/aromatic N) is 4. The predicted octanol–water partition coefficient (Wildman–Crippen LogP) is 2.01. The van der Waals surface area contributed by atoms with Gasteiger partial charge in [0.05, 0.1) is 0 Å². The van der Waals surface area contributed by atoms with E-state index in [-0.39, 0.29) is 0 Å². The molecule has 2 aliphatic heterocycles. The van der Waals surface area contributed by atoms with Crippen LogP contribution in [0, 0.1) is 12.8 Å². The number of nitrogens with one attached hydrogen (secondary N) is 1. The largest absolute Gasteiger partial charge is 0.339 e. The van der Waals surface area contributed by atoms with Crippen molar-refractivity contribution < 1.29 is 0 Å². The summed E-state index contributed by atoms with van der Waals surface area (Å²) in [5.74, 6) is 1.64. The molecule has 5 heteroatoms. The highest BCUT2D eigenvalue weighted by Gasteiger charge is 2.30. The standard InChI is InChI=1S/C16H23N5/c1-12-6-7-15-18-16(19-21(15)10-12)20-9-3-4-13(11-20)14-5-2-8-17-14/h6-7,10,13-14,17H,2-5,8-9,11H2,1H3. The van der Waals surface area contributed by atoms with Crippen LogP contribution in [-0.4, -0.2) is 40.3 Å². The first-order chi connectivity index (χ1) is 10.3. The lowest BCUT2D eigenvalue weighted by Crippen LogP contribution is -2.44. The molecule has 0 radical (unpaired) electrons. The molecule has 5 nitrogen and oxygen atoms in total. The van der Waals surface area contributed by atoms with Gasteiger partial charge in [0.25, 0.3) is 0 Å². The van der Waals surface area contributed by atoms with E-state index in [9.17, 15) is 0 Å². The van der Waals surface area contributed by atoms with Crippen LogP contribution in [0.5, 0.6) is 0 Å². The number of pyridine rings is 1. The molecule has 2 saturated heterocycles. The van der Waals surface area contributed by atoms with E-state index in [1.54, 1.807) is 0 Å². The molecule has 0 aromatic carbocycles. The van der Waals surface area contributed by atoms with Crippen molar-refractivity contribution in [2.75, 3.05) is 24.5 Å². The Morgan fingerprint density at radius 2 is 2.19 bits per heavy atom. The fourth-order valence-electron chi connectivity index (χ4n) is 3.74. The Morgan fingerprint density at radius 3 is 3.05 bits per heavy atom. The molecule has 2 fully saturated rings. The van der Waals surface area contributed by atoms with Gasteiger partial charge in [0, 0.05) is 25.3 Å². The number of hydrogen-bond donors (Lipinski definition) is 1. The Kier molecular flexibility index (Phi) is 3.30. The van der Waals surface area contributed by atoms with Crippen LogP contribution in [0.4, 0.5) is 5.95 Å². The zero-order chi connectivity index (χ0) is 14.2. The lowest BCUT2D eigenvalue weighted by atomic mass is 9.90. The molecule has 2 unspecified atom stereocenters. The van der Waals surface area contributed by atoms with Gasteiger partial charge in [-0.2, -0.15) is 4.98 Å². The molecule has 2 atom stereocenters. The van der Waals surface area contributed by atoms with E-state index in [1.165, 1.54) is 37.8 Å². The van der Waals surface area contributed by atoms with Crippen molar-refractivity contribution in [1.82, 2.24) is 19.9 Å². The van der Waals surface area contributed by atoms with E-state index in [0.29, 0.717) is 6.04 Å². The van der Waals surface area contributed by atoms with Gasteiger partial charge in [-0.15, -0.1) is 5.10 Å². The van der Waals surface area contributed by atoms with E-state index in [4.69, 9.17) is 4.98 Å². The summed E-state index contributed by atoms with van der Waals surface area (Å²) in [6, 6.07) is 4.84. The van der Waals surface area contributed by atoms with E-state index in [2.05, 4.69) is 28.3 Å². The van der Waals surface area contributed by atoms with Crippen LogP contribution in [0.15, 0.2) is 18.3 Å². The second kappa shape index (κ2) is 5.30. The summed E-state index contributed by atoms with van der Waals surface area (Å²) in [5, 5.41) is 8.33. The third kappa shape index (κ3) is 2.50. The Hall–Kier alpha value is -1.62. The SMILES string of the molecule is Cc1ccc2nc(N3CCCC(C4CCCN4)C3)nn2c1. The highest BCUT2D eigenvalue weighted by atomic mass is 15.4. The fourth-order valence-corrected chi connectivity index (χ4v) is 3.74. The van der Waals surface area contributed by atoms with E-state index < -0.39 is 0 Å². The molecule has 4 rings (SSSR count). The monoisotopic (exact) mass is 285 g/mol. The van der Waals surface area contributed by atoms with Gasteiger partial charge in [-0.25, -0.2) is 4.52 Å². The van der Waals surface area contributed by atoms with Crippen molar-refractivity contribution in [2.24, 2.45) is 5.92 Å². The van der Waals surface area contributed by atoms with Gasteiger partial charge in [-0.3, -0.25) is 0 Å². The summed E-state index contributed by atoms with van der Waals surface area (Å²) in [6.45, 7) is 5.45. The zero-order valence-corrected chi connectivity index (χ0v) is 12.6. The lowest BCUT2D eigenvalue weighted by Gasteiger charge is -2.35. The van der Waals surface area contributed by atoms with Gasteiger partial charge in [0.15, 0.2) is 5.65 Å². The maximum atomic E-state index is 4.70. The van der Waals surface area contributed by atoms with Crippen molar-refractivity contribution in [2.45, 2.75) is 38.6 Å². The molecule has 21 heavy (non-hydrogen) atoms. The fraction of sp³-hybridized carbons (Fsp3) is 0.625. The Morgan fingerprint density at radius 1 is 1.24 bits per heavy atom. The smallest absolute Gasteiger partial charge is 0.245 e. The van der Waals surface area contributed by atoms with Gasteiger partial charge in [0.2, 0.25) is 5.95 Å². The molecule has 2 aliphatic rings. The van der Waals surface area contributed by atoms with Gasteiger partial charge in [-0.1, -0.05) is 6.07 Å². The highest BCUT2D eigenvalue weighted by Crippen LogP contribution is 2.26. The highest BCUT2D eigenvalue weighted by molar-refractivity contribution is 5.45. The number of anilines is 1. The average Bonchev–Trinajstić information content (AvgIpc) is 3.16. The van der Waals surface area contributed by atoms with Crippen LogP contribution in [0.25, 0.3) is 5.65 Å². The van der Waals surface area contributed by atoms with E-state index in [1.807, 2.05) is 16.8 Å². The normalized spacial score (nSPS) is 26.6. The first-order valence-electron chi connectivity index (χ1n) is 8.11. The Bertz CT molecular complexity index is 629. The molecule has 2 aromatic heterocycles. The summed E-state index contributed by atoms with van der Waals surface area (Å²) in [6.07, 6.45) is 7.28. The first-order valence-corrected chi connectivity index (χ1v) is 8.11. The van der Waals surface area contributed by atoms with Crippen molar-refractivity contribution in [3.8, 4) is 0 Å². The zero-order valence-electron chi connectivity index (χ0n) is 12.6. The van der Waals surface area contributed by atoms with E-state index >= 15 is 0 Å². The number of piperidine rings is 1. The van der Waals surface area contributed by atoms with Crippen LogP contribution in [0.2, 0.25) is 0 Å². The molecule has 1 N–H and O–H groups in total. The van der Waals surface area contributed by atoms with Crippen LogP contribution in [-0.2, 0) is 0 Å². The summed E-state index contributed by atoms with van der Waals surface area (Å²) in [4.78, 5) is 7.07. The summed E-state index contributed by atoms with van der Waals surface area (Å²) < 4.78 is 1.90. The average molecular weight is 285 g/mol. The number of aryl methyl sites for hydroxylation is 1. The van der Waals surface area contributed by atoms with Crippen LogP contribution in [0.1, 0.15) is 31.2 Å². The second-order valence-corrected chi connectivity index (χ2v) is 6.47. The second-order valence-electron chi connectivity index (χ2n) is 6.47. The maximum Gasteiger partial charge on any atom is 0.245 e. The number of rotatable bonds is 2. The maximum absolute atomic E-state index is 4.70. The summed E-state index contributed by atoms with van der Waals surface area (Å²) in [5.41, 5.74) is 2.15. The molecule has 112 valence electrons. The predicted molar refractivity (Wildman–Crippen MR) is 83.7 cm³/mol. The van der Waals surface area contributed by atoms with Gasteiger partial charge >= 0.3 is 0 Å². The molecule has 4 heterocycles. The quantitative estimate of drug-likeness (QED) is 0.917. The molecule has 0 bridgehead atoms. The first kappa shape index (κ1) is 13.1. The Labute approximate surface area is 125 Å². The molecule has 0 aliphatic carbocycles. The van der Waals surface area contributed by atoms with Crippen LogP contribution < -0.4 is 10.2 Å². The molecule has 0 saturated carbocycles. The topological polar surface area (TPSA) is 45.5 Å². The minimum Gasteiger partial charge on any atom is -0.339 e. The summed E-state index contributed by atoms with van der Waals surface area (Å²) >= 11 is 0. The number of hydrogen-bond acceptors (Lipinski definition) is 4. The minimum absolute atomic E-state index is 0.701. The van der Waals surface area contributed by atoms with Crippen molar-refractivity contribution in [1.29, 1.82) is 0 Å².